The maximum Gasteiger partial charge on any atom is 0.146 e. The molecule has 0 saturated heterocycles. The first kappa shape index (κ1) is 17.1. The number of benzene rings is 4. The number of anilines is 2. The Morgan fingerprint density at radius 1 is 0.621 bits per heavy atom. The van der Waals surface area contributed by atoms with Crippen molar-refractivity contribution in [2.24, 2.45) is 0 Å². The Bertz CT molecular complexity index is 1300. The molecule has 0 bridgehead atoms. The van der Waals surface area contributed by atoms with Crippen LogP contribution >= 0.6 is 0 Å². The third kappa shape index (κ3) is 3.01. The Balaban J connectivity index is 1.83. The maximum atomic E-state index is 6.19. The molecule has 5 rings (SSSR count). The molecule has 0 fully saturated rings. The number of aromatic nitrogens is 2. The first-order valence-electron chi connectivity index (χ1n) is 9.49. The zero-order valence-corrected chi connectivity index (χ0v) is 15.8. The van der Waals surface area contributed by atoms with Crippen molar-refractivity contribution in [3.05, 3.63) is 97.1 Å². The highest BCUT2D eigenvalue weighted by Gasteiger charge is 2.18. The first-order chi connectivity index (χ1) is 14.2. The molecule has 4 N–H and O–H groups in total. The Hall–Kier alpha value is -4.05. The lowest BCUT2D eigenvalue weighted by Crippen LogP contribution is -1.99. The van der Waals surface area contributed by atoms with Gasteiger partial charge in [-0.1, -0.05) is 48.5 Å². The molecule has 5 aromatic rings. The monoisotopic (exact) mass is 376 g/mol. The summed E-state index contributed by atoms with van der Waals surface area (Å²) in [5.41, 5.74) is 19.7. The molecule has 0 amide bonds. The Kier molecular flexibility index (Phi) is 4.03. The summed E-state index contributed by atoms with van der Waals surface area (Å²) in [5.74, 6) is 0.858. The molecule has 0 aliphatic heterocycles. The van der Waals surface area contributed by atoms with Gasteiger partial charge in [0.15, 0.2) is 0 Å². The number of nitrogens with two attached hydrogens (primary N) is 2. The minimum absolute atomic E-state index is 0.700. The van der Waals surface area contributed by atoms with Crippen molar-refractivity contribution in [3.8, 4) is 28.2 Å². The number of hydrogen-bond donors (Lipinski definition) is 2. The van der Waals surface area contributed by atoms with E-state index in [1.54, 1.807) is 0 Å². The van der Waals surface area contributed by atoms with Gasteiger partial charge in [0.25, 0.3) is 0 Å². The van der Waals surface area contributed by atoms with Gasteiger partial charge in [-0.3, -0.25) is 4.57 Å². The van der Waals surface area contributed by atoms with Crippen LogP contribution in [-0.2, 0) is 0 Å². The summed E-state index contributed by atoms with van der Waals surface area (Å²) in [4.78, 5) is 4.99. The third-order valence-corrected chi connectivity index (χ3v) is 5.08. The Morgan fingerprint density at radius 3 is 2.10 bits per heavy atom. The average Bonchev–Trinajstić information content (AvgIpc) is 3.14. The third-order valence-electron chi connectivity index (χ3n) is 5.08. The van der Waals surface area contributed by atoms with Crippen LogP contribution in [0.4, 0.5) is 11.4 Å². The van der Waals surface area contributed by atoms with Crippen molar-refractivity contribution in [2.45, 2.75) is 0 Å². The average molecular weight is 376 g/mol. The summed E-state index contributed by atoms with van der Waals surface area (Å²) in [5, 5.41) is 0. The highest BCUT2D eigenvalue weighted by atomic mass is 15.1. The number of nitrogens with zero attached hydrogens (tertiary/aromatic N) is 2. The molecule has 0 saturated carbocycles. The Labute approximate surface area is 169 Å². The molecule has 4 nitrogen and oxygen atoms in total. The summed E-state index contributed by atoms with van der Waals surface area (Å²) >= 11 is 0. The lowest BCUT2D eigenvalue weighted by Gasteiger charge is -2.14. The van der Waals surface area contributed by atoms with E-state index < -0.39 is 0 Å². The fraction of sp³-hybridized carbons (Fsp3) is 0. The fourth-order valence-corrected chi connectivity index (χ4v) is 3.71. The molecule has 0 unspecified atom stereocenters. The maximum absolute atomic E-state index is 6.19. The fourth-order valence-electron chi connectivity index (χ4n) is 3.71. The van der Waals surface area contributed by atoms with E-state index in [1.807, 2.05) is 78.9 Å². The van der Waals surface area contributed by atoms with Crippen LogP contribution in [0.2, 0.25) is 0 Å². The zero-order chi connectivity index (χ0) is 19.8. The highest BCUT2D eigenvalue weighted by molar-refractivity contribution is 5.89. The van der Waals surface area contributed by atoms with Gasteiger partial charge < -0.3 is 11.5 Å². The summed E-state index contributed by atoms with van der Waals surface area (Å²) in [6.07, 6.45) is 0. The molecule has 0 aliphatic rings. The van der Waals surface area contributed by atoms with E-state index in [2.05, 4.69) is 22.8 Å². The minimum Gasteiger partial charge on any atom is -0.399 e. The standard InChI is InChI=1S/C25H20N4/c26-18-12-10-17(11-13-18)21-15-14-19(27)16-22(21)25-28-23-8-4-5-9-24(23)29(25)20-6-2-1-3-7-20/h1-16H,26-27H2. The normalized spacial score (nSPS) is 11.0. The second-order valence-electron chi connectivity index (χ2n) is 7.02. The zero-order valence-electron chi connectivity index (χ0n) is 15.8. The number of rotatable bonds is 3. The lowest BCUT2D eigenvalue weighted by atomic mass is 9.98. The van der Waals surface area contributed by atoms with Crippen LogP contribution in [-0.4, -0.2) is 9.55 Å². The minimum atomic E-state index is 0.700. The van der Waals surface area contributed by atoms with Gasteiger partial charge in [-0.05, 0) is 59.7 Å². The van der Waals surface area contributed by atoms with Crippen LogP contribution in [0.3, 0.4) is 0 Å². The van der Waals surface area contributed by atoms with E-state index in [1.165, 1.54) is 0 Å². The summed E-state index contributed by atoms with van der Waals surface area (Å²) in [6.45, 7) is 0. The highest BCUT2D eigenvalue weighted by Crippen LogP contribution is 2.36. The summed E-state index contributed by atoms with van der Waals surface area (Å²) < 4.78 is 2.19. The molecule has 0 radical (unpaired) electrons. The second-order valence-corrected chi connectivity index (χ2v) is 7.02. The van der Waals surface area contributed by atoms with Crippen molar-refractivity contribution < 1.29 is 0 Å². The molecule has 4 heteroatoms. The number of imidazole rings is 1. The van der Waals surface area contributed by atoms with Crippen LogP contribution in [0.25, 0.3) is 39.2 Å². The van der Waals surface area contributed by atoms with Crippen molar-refractivity contribution in [1.29, 1.82) is 0 Å². The summed E-state index contributed by atoms with van der Waals surface area (Å²) in [7, 11) is 0. The lowest BCUT2D eigenvalue weighted by molar-refractivity contribution is 1.10. The molecule has 4 aromatic carbocycles. The van der Waals surface area contributed by atoms with Crippen LogP contribution in [0.1, 0.15) is 0 Å². The van der Waals surface area contributed by atoms with Crippen molar-refractivity contribution in [2.75, 3.05) is 11.5 Å². The van der Waals surface area contributed by atoms with E-state index in [0.29, 0.717) is 5.69 Å². The van der Waals surface area contributed by atoms with E-state index in [9.17, 15) is 0 Å². The van der Waals surface area contributed by atoms with Crippen molar-refractivity contribution >= 4 is 22.4 Å². The number of fused-ring (bicyclic) bond motifs is 1. The molecule has 1 heterocycles. The Morgan fingerprint density at radius 2 is 1.31 bits per heavy atom. The number of para-hydroxylation sites is 3. The molecular formula is C25H20N4. The quantitative estimate of drug-likeness (QED) is 0.407. The van der Waals surface area contributed by atoms with Gasteiger partial charge in [-0.2, -0.15) is 0 Å². The van der Waals surface area contributed by atoms with Gasteiger partial charge in [0.1, 0.15) is 5.82 Å². The molecule has 0 aliphatic carbocycles. The van der Waals surface area contributed by atoms with Gasteiger partial charge in [0.2, 0.25) is 0 Å². The van der Waals surface area contributed by atoms with Crippen LogP contribution in [0.15, 0.2) is 97.1 Å². The summed E-state index contributed by atoms with van der Waals surface area (Å²) in [6, 6.07) is 32.3. The van der Waals surface area contributed by atoms with Crippen molar-refractivity contribution in [1.82, 2.24) is 9.55 Å². The molecule has 140 valence electrons. The van der Waals surface area contributed by atoms with Gasteiger partial charge in [-0.15, -0.1) is 0 Å². The molecule has 1 aromatic heterocycles. The van der Waals surface area contributed by atoms with E-state index in [-0.39, 0.29) is 0 Å². The predicted octanol–water partition coefficient (Wildman–Crippen LogP) is 5.52. The van der Waals surface area contributed by atoms with Crippen molar-refractivity contribution in [3.63, 3.8) is 0 Å². The van der Waals surface area contributed by atoms with Gasteiger partial charge >= 0.3 is 0 Å². The number of hydrogen-bond acceptors (Lipinski definition) is 3. The topological polar surface area (TPSA) is 69.9 Å². The predicted molar refractivity (Wildman–Crippen MR) is 121 cm³/mol. The number of nitrogen functional groups attached to an aromatic ring is 2. The molecule has 0 atom stereocenters. The smallest absolute Gasteiger partial charge is 0.146 e. The van der Waals surface area contributed by atoms with Crippen LogP contribution in [0, 0.1) is 0 Å². The van der Waals surface area contributed by atoms with E-state index in [0.717, 1.165) is 44.9 Å². The molecule has 0 spiro atoms. The SMILES string of the molecule is Nc1ccc(-c2ccc(N)cc2-c2nc3ccccc3n2-c2ccccc2)cc1. The molecular weight excluding hydrogens is 356 g/mol. The van der Waals surface area contributed by atoms with Gasteiger partial charge in [-0.25, -0.2) is 4.98 Å². The molecule has 29 heavy (non-hydrogen) atoms. The largest absolute Gasteiger partial charge is 0.399 e. The first-order valence-corrected chi connectivity index (χ1v) is 9.49. The second kappa shape index (κ2) is 6.84. The van der Waals surface area contributed by atoms with Crippen LogP contribution < -0.4 is 11.5 Å². The van der Waals surface area contributed by atoms with Gasteiger partial charge in [0, 0.05) is 22.6 Å². The van der Waals surface area contributed by atoms with Crippen LogP contribution in [0.5, 0.6) is 0 Å². The van der Waals surface area contributed by atoms with Gasteiger partial charge in [0.05, 0.1) is 11.0 Å². The van der Waals surface area contributed by atoms with E-state index in [4.69, 9.17) is 16.5 Å². The van der Waals surface area contributed by atoms with E-state index >= 15 is 0 Å².